The highest BCUT2D eigenvalue weighted by Crippen LogP contribution is 2.26. The molecule has 6 heteroatoms. The summed E-state index contributed by atoms with van der Waals surface area (Å²) in [6, 6.07) is 19.4. The van der Waals surface area contributed by atoms with Crippen LogP contribution in [0.4, 0.5) is 5.69 Å². The van der Waals surface area contributed by atoms with Gasteiger partial charge in [0.15, 0.2) is 0 Å². The Morgan fingerprint density at radius 1 is 0.903 bits per heavy atom. The molecule has 0 aliphatic rings. The van der Waals surface area contributed by atoms with Crippen molar-refractivity contribution in [2.75, 3.05) is 11.4 Å². The SMILES string of the molecule is Cc1ccc(C)c([C@H](C)NC(=O)c2ccc(N(C)S(=O)(=O)c3ccccc3)c(C)c2)c1. The molecule has 0 aliphatic carbocycles. The minimum absolute atomic E-state index is 0.145. The zero-order chi connectivity index (χ0) is 22.8. The number of aryl methyl sites for hydroxylation is 3. The molecule has 0 unspecified atom stereocenters. The Hall–Kier alpha value is -3.12. The summed E-state index contributed by atoms with van der Waals surface area (Å²) in [5.74, 6) is -0.198. The molecule has 3 aromatic carbocycles. The van der Waals surface area contributed by atoms with Crippen molar-refractivity contribution in [2.45, 2.75) is 38.6 Å². The first-order valence-electron chi connectivity index (χ1n) is 10.1. The Morgan fingerprint density at radius 2 is 1.58 bits per heavy atom. The first-order chi connectivity index (χ1) is 14.6. The van der Waals surface area contributed by atoms with E-state index in [0.29, 0.717) is 16.8 Å². The zero-order valence-corrected chi connectivity index (χ0v) is 19.3. The van der Waals surface area contributed by atoms with E-state index < -0.39 is 10.0 Å². The average molecular weight is 437 g/mol. The first-order valence-corrected chi connectivity index (χ1v) is 11.6. The lowest BCUT2D eigenvalue weighted by molar-refractivity contribution is 0.0939. The molecule has 1 atom stereocenters. The number of sulfonamides is 1. The van der Waals surface area contributed by atoms with Crippen LogP contribution in [0, 0.1) is 20.8 Å². The molecule has 162 valence electrons. The fourth-order valence-electron chi connectivity index (χ4n) is 3.61. The molecule has 1 N–H and O–H groups in total. The molecule has 1 amide bonds. The Bertz CT molecular complexity index is 1200. The summed E-state index contributed by atoms with van der Waals surface area (Å²) in [6.07, 6.45) is 0. The van der Waals surface area contributed by atoms with Gasteiger partial charge in [0.1, 0.15) is 0 Å². The van der Waals surface area contributed by atoms with Gasteiger partial charge in [0.2, 0.25) is 0 Å². The van der Waals surface area contributed by atoms with E-state index in [1.54, 1.807) is 55.5 Å². The predicted octanol–water partition coefficient (Wildman–Crippen LogP) is 4.93. The molecule has 3 aromatic rings. The van der Waals surface area contributed by atoms with E-state index in [-0.39, 0.29) is 16.8 Å². The third-order valence-corrected chi connectivity index (χ3v) is 7.23. The first kappa shape index (κ1) is 22.6. The highest BCUT2D eigenvalue weighted by atomic mass is 32.2. The van der Waals surface area contributed by atoms with Crippen LogP contribution < -0.4 is 9.62 Å². The van der Waals surface area contributed by atoms with E-state index >= 15 is 0 Å². The van der Waals surface area contributed by atoms with Crippen molar-refractivity contribution < 1.29 is 13.2 Å². The molecule has 0 saturated heterocycles. The average Bonchev–Trinajstić information content (AvgIpc) is 2.75. The molecule has 0 bridgehead atoms. The van der Waals surface area contributed by atoms with Crippen molar-refractivity contribution in [1.82, 2.24) is 5.32 Å². The summed E-state index contributed by atoms with van der Waals surface area (Å²) in [7, 11) is -2.16. The van der Waals surface area contributed by atoms with Crippen LogP contribution in [0.5, 0.6) is 0 Å². The monoisotopic (exact) mass is 436 g/mol. The second-order valence-electron chi connectivity index (χ2n) is 7.84. The number of rotatable bonds is 6. The van der Waals surface area contributed by atoms with Gasteiger partial charge in [0.25, 0.3) is 15.9 Å². The minimum Gasteiger partial charge on any atom is -0.346 e. The normalized spacial score (nSPS) is 12.3. The van der Waals surface area contributed by atoms with Gasteiger partial charge in [-0.15, -0.1) is 0 Å². The number of carbonyl (C=O) groups excluding carboxylic acids is 1. The molecule has 0 aromatic heterocycles. The lowest BCUT2D eigenvalue weighted by Crippen LogP contribution is -2.29. The van der Waals surface area contributed by atoms with Crippen molar-refractivity contribution in [2.24, 2.45) is 0 Å². The summed E-state index contributed by atoms with van der Waals surface area (Å²) < 4.78 is 27.1. The zero-order valence-electron chi connectivity index (χ0n) is 18.5. The number of nitrogens with one attached hydrogen (secondary N) is 1. The summed E-state index contributed by atoms with van der Waals surface area (Å²) in [5, 5.41) is 3.04. The smallest absolute Gasteiger partial charge is 0.264 e. The van der Waals surface area contributed by atoms with Crippen LogP contribution in [0.2, 0.25) is 0 Å². The molecule has 0 fully saturated rings. The molecule has 0 saturated carbocycles. The number of amides is 1. The van der Waals surface area contributed by atoms with Gasteiger partial charge >= 0.3 is 0 Å². The van der Waals surface area contributed by atoms with E-state index in [9.17, 15) is 13.2 Å². The van der Waals surface area contributed by atoms with Gasteiger partial charge in [-0.3, -0.25) is 9.10 Å². The standard InChI is InChI=1S/C25H28N2O3S/c1-17-11-12-18(2)23(15-17)20(4)26-25(28)21-13-14-24(19(3)16-21)27(5)31(29,30)22-9-7-6-8-10-22/h6-16,20H,1-5H3,(H,26,28)/t20-/m0/s1. The molecule has 0 heterocycles. The van der Waals surface area contributed by atoms with Crippen molar-refractivity contribution in [3.05, 3.63) is 94.5 Å². The van der Waals surface area contributed by atoms with E-state index in [1.165, 1.54) is 11.4 Å². The summed E-state index contributed by atoms with van der Waals surface area (Å²) in [6.45, 7) is 7.82. The molecular formula is C25H28N2O3S. The predicted molar refractivity (Wildman–Crippen MR) is 125 cm³/mol. The van der Waals surface area contributed by atoms with Crippen molar-refractivity contribution in [3.8, 4) is 0 Å². The van der Waals surface area contributed by atoms with Gasteiger partial charge in [-0.25, -0.2) is 8.42 Å². The molecule has 0 aliphatic heterocycles. The van der Waals surface area contributed by atoms with E-state index in [4.69, 9.17) is 0 Å². The van der Waals surface area contributed by atoms with Crippen LogP contribution in [-0.2, 0) is 10.0 Å². The number of carbonyl (C=O) groups is 1. The van der Waals surface area contributed by atoms with E-state index in [0.717, 1.165) is 16.7 Å². The molecule has 0 radical (unpaired) electrons. The summed E-state index contributed by atoms with van der Waals surface area (Å²) in [4.78, 5) is 13.1. The van der Waals surface area contributed by atoms with Crippen LogP contribution in [0.3, 0.4) is 0 Å². The van der Waals surface area contributed by atoms with Gasteiger partial charge in [-0.05, 0) is 74.7 Å². The highest BCUT2D eigenvalue weighted by Gasteiger charge is 2.23. The maximum atomic E-state index is 12.9. The van der Waals surface area contributed by atoms with Crippen molar-refractivity contribution in [3.63, 3.8) is 0 Å². The van der Waals surface area contributed by atoms with E-state index in [1.807, 2.05) is 20.8 Å². The second-order valence-corrected chi connectivity index (χ2v) is 9.81. The molecule has 3 rings (SSSR count). The number of hydrogen-bond donors (Lipinski definition) is 1. The molecule has 0 spiro atoms. The molecule has 5 nitrogen and oxygen atoms in total. The third-order valence-electron chi connectivity index (χ3n) is 5.45. The van der Waals surface area contributed by atoms with Crippen LogP contribution in [0.25, 0.3) is 0 Å². The van der Waals surface area contributed by atoms with E-state index in [2.05, 4.69) is 23.5 Å². The number of benzene rings is 3. The van der Waals surface area contributed by atoms with Crippen molar-refractivity contribution in [1.29, 1.82) is 0 Å². The van der Waals surface area contributed by atoms with Crippen LogP contribution in [0.15, 0.2) is 71.6 Å². The highest BCUT2D eigenvalue weighted by molar-refractivity contribution is 7.92. The fourth-order valence-corrected chi connectivity index (χ4v) is 4.90. The van der Waals surface area contributed by atoms with Gasteiger partial charge in [0, 0.05) is 12.6 Å². The Kier molecular flexibility index (Phi) is 6.51. The summed E-state index contributed by atoms with van der Waals surface area (Å²) >= 11 is 0. The van der Waals surface area contributed by atoms with Crippen LogP contribution in [0.1, 0.15) is 45.6 Å². The van der Waals surface area contributed by atoms with Gasteiger partial charge < -0.3 is 5.32 Å². The Morgan fingerprint density at radius 3 is 2.23 bits per heavy atom. The van der Waals surface area contributed by atoms with Crippen molar-refractivity contribution >= 4 is 21.6 Å². The maximum Gasteiger partial charge on any atom is 0.264 e. The minimum atomic E-state index is -3.68. The molecular weight excluding hydrogens is 408 g/mol. The largest absolute Gasteiger partial charge is 0.346 e. The van der Waals surface area contributed by atoms with Crippen LogP contribution in [-0.4, -0.2) is 21.4 Å². The Balaban J connectivity index is 1.81. The lowest BCUT2D eigenvalue weighted by atomic mass is 9.99. The van der Waals surface area contributed by atoms with Gasteiger partial charge in [0.05, 0.1) is 16.6 Å². The fraction of sp³-hybridized carbons (Fsp3) is 0.240. The Labute approximate surface area is 184 Å². The number of hydrogen-bond acceptors (Lipinski definition) is 3. The topological polar surface area (TPSA) is 66.5 Å². The number of anilines is 1. The lowest BCUT2D eigenvalue weighted by Gasteiger charge is -2.22. The maximum absolute atomic E-state index is 12.9. The third kappa shape index (κ3) is 4.80. The molecule has 31 heavy (non-hydrogen) atoms. The number of nitrogens with zero attached hydrogens (tertiary/aromatic N) is 1. The van der Waals surface area contributed by atoms with Gasteiger partial charge in [-0.2, -0.15) is 0 Å². The summed E-state index contributed by atoms with van der Waals surface area (Å²) in [5.41, 5.74) is 5.07. The second kappa shape index (κ2) is 8.94. The quantitative estimate of drug-likeness (QED) is 0.596. The van der Waals surface area contributed by atoms with Gasteiger partial charge in [-0.1, -0.05) is 42.0 Å². The van der Waals surface area contributed by atoms with Crippen LogP contribution >= 0.6 is 0 Å².